The van der Waals surface area contributed by atoms with E-state index >= 15 is 0 Å². The summed E-state index contributed by atoms with van der Waals surface area (Å²) in [6.07, 6.45) is 4.57. The second kappa shape index (κ2) is 2.46. The van der Waals surface area contributed by atoms with Crippen molar-refractivity contribution < 1.29 is 9.84 Å². The fourth-order valence-corrected chi connectivity index (χ4v) is 1.80. The van der Waals surface area contributed by atoms with E-state index < -0.39 is 0 Å². The molecule has 2 fully saturated rings. The fourth-order valence-electron chi connectivity index (χ4n) is 1.80. The molecule has 2 heteroatoms. The van der Waals surface area contributed by atoms with Crippen LogP contribution in [0.1, 0.15) is 32.6 Å². The third kappa shape index (κ3) is 1.57. The Balaban J connectivity index is 1.90. The third-order valence-corrected chi connectivity index (χ3v) is 2.93. The number of aliphatic hydroxyl groups is 1. The molecule has 1 saturated heterocycles. The summed E-state index contributed by atoms with van der Waals surface area (Å²) < 4.78 is 5.12. The highest BCUT2D eigenvalue weighted by Crippen LogP contribution is 2.45. The van der Waals surface area contributed by atoms with E-state index in [2.05, 4.69) is 6.92 Å². The molecule has 2 rings (SSSR count). The monoisotopic (exact) mass is 156 g/mol. The molecule has 1 heterocycles. The Hall–Kier alpha value is -0.0800. The first-order valence-electron chi connectivity index (χ1n) is 4.58. The second-order valence-electron chi connectivity index (χ2n) is 3.89. The third-order valence-electron chi connectivity index (χ3n) is 2.93. The normalized spacial score (nSPS) is 34.9. The molecule has 1 aliphatic carbocycles. The minimum Gasteiger partial charge on any atom is -0.390 e. The summed E-state index contributed by atoms with van der Waals surface area (Å²) in [5, 5.41) is 10.1. The highest BCUT2D eigenvalue weighted by Gasteiger charge is 2.45. The zero-order valence-corrected chi connectivity index (χ0v) is 7.05. The van der Waals surface area contributed by atoms with Crippen molar-refractivity contribution in [2.24, 2.45) is 5.92 Å². The first-order chi connectivity index (χ1) is 5.24. The molecule has 2 nitrogen and oxygen atoms in total. The Morgan fingerprint density at radius 2 is 2.18 bits per heavy atom. The van der Waals surface area contributed by atoms with Gasteiger partial charge < -0.3 is 9.84 Å². The number of ether oxygens (including phenoxy) is 1. The number of hydrogen-bond donors (Lipinski definition) is 1. The SMILES string of the molecule is CC[C@@](O)(C[C@H]1CO1)C1CC1. The van der Waals surface area contributed by atoms with Crippen molar-refractivity contribution in [2.45, 2.75) is 44.3 Å². The molecule has 0 unspecified atom stereocenters. The summed E-state index contributed by atoms with van der Waals surface area (Å²) in [6, 6.07) is 0. The van der Waals surface area contributed by atoms with Gasteiger partial charge in [0.2, 0.25) is 0 Å². The van der Waals surface area contributed by atoms with Crippen LogP contribution >= 0.6 is 0 Å². The highest BCUT2D eigenvalue weighted by molar-refractivity contribution is 4.96. The summed E-state index contributed by atoms with van der Waals surface area (Å²) in [4.78, 5) is 0. The zero-order valence-electron chi connectivity index (χ0n) is 7.05. The maximum Gasteiger partial charge on any atom is 0.0837 e. The quantitative estimate of drug-likeness (QED) is 0.623. The average Bonchev–Trinajstić information content (AvgIpc) is 2.81. The van der Waals surface area contributed by atoms with Crippen LogP contribution in [-0.4, -0.2) is 23.4 Å². The van der Waals surface area contributed by atoms with Gasteiger partial charge >= 0.3 is 0 Å². The van der Waals surface area contributed by atoms with Crippen molar-refractivity contribution in [2.75, 3.05) is 6.61 Å². The van der Waals surface area contributed by atoms with Crippen LogP contribution in [0.2, 0.25) is 0 Å². The molecule has 0 spiro atoms. The average molecular weight is 156 g/mol. The van der Waals surface area contributed by atoms with Crippen LogP contribution in [0.3, 0.4) is 0 Å². The van der Waals surface area contributed by atoms with Crippen molar-refractivity contribution >= 4 is 0 Å². The summed E-state index contributed by atoms with van der Waals surface area (Å²) in [5.41, 5.74) is -0.388. The van der Waals surface area contributed by atoms with Gasteiger partial charge in [-0.15, -0.1) is 0 Å². The lowest BCUT2D eigenvalue weighted by molar-refractivity contribution is -0.00114. The van der Waals surface area contributed by atoms with Crippen molar-refractivity contribution in [1.29, 1.82) is 0 Å². The van der Waals surface area contributed by atoms with Crippen LogP contribution < -0.4 is 0 Å². The van der Waals surface area contributed by atoms with E-state index in [0.717, 1.165) is 19.4 Å². The van der Waals surface area contributed by atoms with E-state index in [-0.39, 0.29) is 5.60 Å². The summed E-state index contributed by atoms with van der Waals surface area (Å²) >= 11 is 0. The maximum atomic E-state index is 10.1. The molecule has 2 aliphatic rings. The predicted octanol–water partition coefficient (Wildman–Crippen LogP) is 1.33. The van der Waals surface area contributed by atoms with Crippen LogP contribution in [0.4, 0.5) is 0 Å². The predicted molar refractivity (Wildman–Crippen MR) is 42.3 cm³/mol. The molecule has 1 N–H and O–H groups in total. The number of epoxide rings is 1. The van der Waals surface area contributed by atoms with Gasteiger partial charge in [-0.2, -0.15) is 0 Å². The van der Waals surface area contributed by atoms with Crippen LogP contribution in [0.5, 0.6) is 0 Å². The van der Waals surface area contributed by atoms with E-state index in [1.807, 2.05) is 0 Å². The molecular weight excluding hydrogens is 140 g/mol. The van der Waals surface area contributed by atoms with Gasteiger partial charge in [-0.3, -0.25) is 0 Å². The van der Waals surface area contributed by atoms with E-state index in [1.54, 1.807) is 0 Å². The molecule has 1 aliphatic heterocycles. The Morgan fingerprint density at radius 3 is 2.55 bits per heavy atom. The first-order valence-corrected chi connectivity index (χ1v) is 4.58. The Morgan fingerprint density at radius 1 is 1.55 bits per heavy atom. The molecule has 0 bridgehead atoms. The van der Waals surface area contributed by atoms with Crippen molar-refractivity contribution in [3.8, 4) is 0 Å². The second-order valence-corrected chi connectivity index (χ2v) is 3.89. The first kappa shape index (κ1) is 7.56. The lowest BCUT2D eigenvalue weighted by atomic mass is 9.89. The molecule has 0 aromatic heterocycles. The van der Waals surface area contributed by atoms with Crippen molar-refractivity contribution in [1.82, 2.24) is 0 Å². The topological polar surface area (TPSA) is 32.8 Å². The van der Waals surface area contributed by atoms with Gasteiger partial charge in [0.05, 0.1) is 18.3 Å². The van der Waals surface area contributed by atoms with Crippen molar-refractivity contribution in [3.63, 3.8) is 0 Å². The van der Waals surface area contributed by atoms with E-state index in [0.29, 0.717) is 12.0 Å². The highest BCUT2D eigenvalue weighted by atomic mass is 16.6. The maximum absolute atomic E-state index is 10.1. The zero-order chi connectivity index (χ0) is 7.90. The summed E-state index contributed by atoms with van der Waals surface area (Å²) in [7, 11) is 0. The number of rotatable bonds is 4. The van der Waals surface area contributed by atoms with E-state index in [1.165, 1.54) is 12.8 Å². The van der Waals surface area contributed by atoms with Gasteiger partial charge in [-0.05, 0) is 25.2 Å². The van der Waals surface area contributed by atoms with Gasteiger partial charge in [-0.1, -0.05) is 6.92 Å². The van der Waals surface area contributed by atoms with Crippen molar-refractivity contribution in [3.05, 3.63) is 0 Å². The molecule has 0 amide bonds. The van der Waals surface area contributed by atoms with Gasteiger partial charge in [0.1, 0.15) is 0 Å². The molecule has 2 atom stereocenters. The van der Waals surface area contributed by atoms with Crippen LogP contribution in [-0.2, 0) is 4.74 Å². The molecule has 64 valence electrons. The lowest BCUT2D eigenvalue weighted by Gasteiger charge is -2.25. The van der Waals surface area contributed by atoms with Gasteiger partial charge in [0.25, 0.3) is 0 Å². The smallest absolute Gasteiger partial charge is 0.0837 e. The summed E-state index contributed by atoms with van der Waals surface area (Å²) in [6.45, 7) is 2.94. The Labute approximate surface area is 67.6 Å². The fraction of sp³-hybridized carbons (Fsp3) is 1.00. The van der Waals surface area contributed by atoms with Gasteiger partial charge in [0.15, 0.2) is 0 Å². The number of hydrogen-bond acceptors (Lipinski definition) is 2. The largest absolute Gasteiger partial charge is 0.390 e. The Kier molecular flexibility index (Phi) is 1.69. The van der Waals surface area contributed by atoms with E-state index in [9.17, 15) is 5.11 Å². The van der Waals surface area contributed by atoms with Gasteiger partial charge in [-0.25, -0.2) is 0 Å². The standard InChI is InChI=1S/C9H16O2/c1-2-9(10,7-3-4-7)5-8-6-11-8/h7-8,10H,2-6H2,1H3/t8-,9+/m0/s1. The molecule has 0 radical (unpaired) electrons. The molecule has 0 aromatic rings. The summed E-state index contributed by atoms with van der Waals surface area (Å²) in [5.74, 6) is 0.580. The van der Waals surface area contributed by atoms with Gasteiger partial charge in [0, 0.05) is 6.42 Å². The molecule has 0 aromatic carbocycles. The minimum atomic E-state index is -0.388. The van der Waals surface area contributed by atoms with Crippen LogP contribution in [0, 0.1) is 5.92 Å². The minimum absolute atomic E-state index is 0.376. The lowest BCUT2D eigenvalue weighted by Crippen LogP contribution is -2.32. The van der Waals surface area contributed by atoms with Crippen LogP contribution in [0.15, 0.2) is 0 Å². The molecule has 1 saturated carbocycles. The van der Waals surface area contributed by atoms with E-state index in [4.69, 9.17) is 4.74 Å². The molecule has 11 heavy (non-hydrogen) atoms. The van der Waals surface area contributed by atoms with Crippen LogP contribution in [0.25, 0.3) is 0 Å². The Bertz CT molecular complexity index is 150. The molecular formula is C9H16O2.